The Morgan fingerprint density at radius 2 is 2.00 bits per heavy atom. The normalized spacial score (nSPS) is 13.4. The maximum Gasteiger partial charge on any atom is 0.231 e. The lowest BCUT2D eigenvalue weighted by Gasteiger charge is -2.16. The fourth-order valence-electron chi connectivity index (χ4n) is 2.24. The summed E-state index contributed by atoms with van der Waals surface area (Å²) in [5, 5.41) is 2.80. The van der Waals surface area contributed by atoms with Gasteiger partial charge in [-0.15, -0.1) is 0 Å². The summed E-state index contributed by atoms with van der Waals surface area (Å²) >= 11 is 0. The fourth-order valence-corrected chi connectivity index (χ4v) is 2.81. The Morgan fingerprint density at radius 3 is 2.59 bits per heavy atom. The molecule has 2 atom stereocenters. The molecule has 0 aliphatic rings. The van der Waals surface area contributed by atoms with Crippen molar-refractivity contribution in [2.45, 2.75) is 31.1 Å². The van der Waals surface area contributed by atoms with E-state index in [0.29, 0.717) is 5.69 Å². The van der Waals surface area contributed by atoms with Gasteiger partial charge in [0.25, 0.3) is 0 Å². The molecule has 2 rings (SSSR count). The van der Waals surface area contributed by atoms with E-state index >= 15 is 0 Å². The van der Waals surface area contributed by atoms with E-state index in [1.54, 1.807) is 18.6 Å². The molecule has 1 aromatic heterocycles. The lowest BCUT2D eigenvalue weighted by atomic mass is 9.93. The molecule has 0 aliphatic carbocycles. The quantitative estimate of drug-likeness (QED) is 0.920. The third-order valence-corrected chi connectivity index (χ3v) is 4.43. The number of benzene rings is 1. The molecule has 0 saturated carbocycles. The van der Waals surface area contributed by atoms with Crippen molar-refractivity contribution in [2.24, 2.45) is 0 Å². The monoisotopic (exact) mass is 317 g/mol. The minimum Gasteiger partial charge on any atom is -0.323 e. The number of carbonyl (C=O) groups excluding carboxylic acids is 1. The molecular formula is C16H19N3O2S. The first-order valence-corrected chi connectivity index (χ1v) is 8.60. The number of hydrogen-bond acceptors (Lipinski definition) is 4. The smallest absolute Gasteiger partial charge is 0.231 e. The van der Waals surface area contributed by atoms with Crippen LogP contribution in [-0.4, -0.2) is 26.3 Å². The van der Waals surface area contributed by atoms with Crippen LogP contribution in [0.3, 0.4) is 0 Å². The zero-order chi connectivity index (χ0) is 16.1. The molecule has 2 unspecified atom stereocenters. The number of hydrogen-bond donors (Lipinski definition) is 1. The second kappa shape index (κ2) is 7.26. The van der Waals surface area contributed by atoms with Gasteiger partial charge < -0.3 is 5.32 Å². The van der Waals surface area contributed by atoms with Crippen molar-refractivity contribution in [1.82, 2.24) is 9.97 Å². The van der Waals surface area contributed by atoms with Gasteiger partial charge in [0, 0.05) is 22.0 Å². The first-order chi connectivity index (χ1) is 10.5. The van der Waals surface area contributed by atoms with Crippen LogP contribution >= 0.6 is 0 Å². The summed E-state index contributed by atoms with van der Waals surface area (Å²) < 4.78 is 11.6. The average Bonchev–Trinajstić information content (AvgIpc) is 2.54. The van der Waals surface area contributed by atoms with E-state index < -0.39 is 10.8 Å². The van der Waals surface area contributed by atoms with Crippen molar-refractivity contribution >= 4 is 22.4 Å². The molecule has 1 amide bonds. The third kappa shape index (κ3) is 3.76. The van der Waals surface area contributed by atoms with Crippen LogP contribution in [0, 0.1) is 0 Å². The highest BCUT2D eigenvalue weighted by Crippen LogP contribution is 2.24. The van der Waals surface area contributed by atoms with E-state index in [4.69, 9.17) is 0 Å². The second-order valence-corrected chi connectivity index (χ2v) is 6.39. The highest BCUT2D eigenvalue weighted by atomic mass is 32.2. The molecule has 6 heteroatoms. The molecule has 0 saturated heterocycles. The first kappa shape index (κ1) is 16.3. The molecule has 0 spiro atoms. The highest BCUT2D eigenvalue weighted by Gasteiger charge is 2.19. The van der Waals surface area contributed by atoms with Crippen LogP contribution in [0.15, 0.2) is 41.8 Å². The van der Waals surface area contributed by atoms with Crippen LogP contribution in [0.4, 0.5) is 5.69 Å². The van der Waals surface area contributed by atoms with Crippen molar-refractivity contribution < 1.29 is 9.00 Å². The summed E-state index contributed by atoms with van der Waals surface area (Å²) in [6.45, 7) is 3.88. The Hall–Kier alpha value is -2.08. The van der Waals surface area contributed by atoms with Crippen molar-refractivity contribution in [3.63, 3.8) is 0 Å². The largest absolute Gasteiger partial charge is 0.323 e. The Morgan fingerprint density at radius 1 is 1.32 bits per heavy atom. The van der Waals surface area contributed by atoms with Gasteiger partial charge in [-0.25, -0.2) is 9.97 Å². The van der Waals surface area contributed by atoms with Gasteiger partial charge in [0.15, 0.2) is 0 Å². The average molecular weight is 317 g/mol. The second-order valence-electron chi connectivity index (χ2n) is 5.01. The van der Waals surface area contributed by atoms with Crippen LogP contribution in [0.1, 0.15) is 30.9 Å². The van der Waals surface area contributed by atoms with Crippen molar-refractivity contribution in [2.75, 3.05) is 11.6 Å². The van der Waals surface area contributed by atoms with Crippen LogP contribution in [-0.2, 0) is 22.0 Å². The molecule has 2 aromatic rings. The summed E-state index contributed by atoms with van der Waals surface area (Å²) in [5.74, 6) is -0.427. The van der Waals surface area contributed by atoms with Crippen LogP contribution in [0.5, 0.6) is 0 Å². The third-order valence-electron chi connectivity index (χ3n) is 3.52. The Labute approximate surface area is 132 Å². The number of nitrogens with zero attached hydrogens (tertiary/aromatic N) is 2. The zero-order valence-corrected chi connectivity index (χ0v) is 13.7. The van der Waals surface area contributed by atoms with Gasteiger partial charge in [0.1, 0.15) is 6.33 Å². The number of nitrogens with one attached hydrogen (secondary N) is 1. The highest BCUT2D eigenvalue weighted by molar-refractivity contribution is 7.84. The molecule has 0 aliphatic heterocycles. The SMILES string of the molecule is CCc1cc(S(C)=O)ccc1C(C)C(=O)Nc1cncnc1. The molecule has 116 valence electrons. The van der Waals surface area contributed by atoms with Gasteiger partial charge in [-0.05, 0) is 36.6 Å². The molecule has 0 radical (unpaired) electrons. The molecule has 5 nitrogen and oxygen atoms in total. The Bertz CT molecular complexity index is 689. The first-order valence-electron chi connectivity index (χ1n) is 7.05. The molecule has 0 fully saturated rings. The lowest BCUT2D eigenvalue weighted by Crippen LogP contribution is -2.20. The standard InChI is InChI=1S/C16H19N3O2S/c1-4-12-7-14(22(3)21)5-6-15(12)11(2)16(20)19-13-8-17-10-18-9-13/h5-11H,4H2,1-3H3,(H,19,20). The van der Waals surface area contributed by atoms with E-state index in [0.717, 1.165) is 22.4 Å². The van der Waals surface area contributed by atoms with Gasteiger partial charge in [-0.3, -0.25) is 9.00 Å². The Kier molecular flexibility index (Phi) is 5.38. The zero-order valence-electron chi connectivity index (χ0n) is 12.9. The van der Waals surface area contributed by atoms with Gasteiger partial charge in [0.05, 0.1) is 24.0 Å². The molecular weight excluding hydrogens is 298 g/mol. The van der Waals surface area contributed by atoms with Crippen molar-refractivity contribution in [3.8, 4) is 0 Å². The maximum absolute atomic E-state index is 12.4. The fraction of sp³-hybridized carbons (Fsp3) is 0.312. The molecule has 1 N–H and O–H groups in total. The van der Waals surface area contributed by atoms with E-state index in [-0.39, 0.29) is 11.8 Å². The van der Waals surface area contributed by atoms with E-state index in [1.807, 2.05) is 32.0 Å². The van der Waals surface area contributed by atoms with E-state index in [1.165, 1.54) is 6.33 Å². The minimum absolute atomic E-state index is 0.116. The van der Waals surface area contributed by atoms with Crippen LogP contribution in [0.2, 0.25) is 0 Å². The topological polar surface area (TPSA) is 72.0 Å². The Balaban J connectivity index is 2.23. The minimum atomic E-state index is -1.02. The van der Waals surface area contributed by atoms with Gasteiger partial charge in [-0.2, -0.15) is 0 Å². The summed E-state index contributed by atoms with van der Waals surface area (Å²) in [4.78, 5) is 20.9. The van der Waals surface area contributed by atoms with Crippen LogP contribution in [0.25, 0.3) is 0 Å². The molecule has 22 heavy (non-hydrogen) atoms. The van der Waals surface area contributed by atoms with Gasteiger partial charge in [-0.1, -0.05) is 13.0 Å². The maximum atomic E-state index is 12.4. The number of amides is 1. The van der Waals surface area contributed by atoms with Gasteiger partial charge in [0.2, 0.25) is 5.91 Å². The summed E-state index contributed by atoms with van der Waals surface area (Å²) in [6, 6.07) is 5.63. The van der Waals surface area contributed by atoms with Crippen LogP contribution < -0.4 is 5.32 Å². The van der Waals surface area contributed by atoms with Crippen molar-refractivity contribution in [1.29, 1.82) is 0 Å². The van der Waals surface area contributed by atoms with Gasteiger partial charge >= 0.3 is 0 Å². The number of rotatable bonds is 5. The number of aryl methyl sites for hydroxylation is 1. The molecule has 1 heterocycles. The number of anilines is 1. The summed E-state index contributed by atoms with van der Waals surface area (Å²) in [7, 11) is -1.02. The van der Waals surface area contributed by atoms with E-state index in [2.05, 4.69) is 15.3 Å². The number of aromatic nitrogens is 2. The molecule has 0 bridgehead atoms. The number of carbonyl (C=O) groups is 1. The summed E-state index contributed by atoms with van der Waals surface area (Å²) in [6.07, 6.45) is 6.97. The van der Waals surface area contributed by atoms with E-state index in [9.17, 15) is 9.00 Å². The van der Waals surface area contributed by atoms with Crippen molar-refractivity contribution in [3.05, 3.63) is 48.0 Å². The molecule has 1 aromatic carbocycles. The predicted octanol–water partition coefficient (Wildman–Crippen LogP) is 2.52. The lowest BCUT2D eigenvalue weighted by molar-refractivity contribution is -0.117. The summed E-state index contributed by atoms with van der Waals surface area (Å²) in [5.41, 5.74) is 2.56. The predicted molar refractivity (Wildman–Crippen MR) is 87.2 cm³/mol.